The number of ether oxygens (including phenoxy) is 4. The fourth-order valence-electron chi connectivity index (χ4n) is 12.1. The molecule has 2 rings (SSSR count). The Labute approximate surface area is 507 Å². The fraction of sp³-hybridized carbons (Fsp3) is 0.957. The zero-order valence-corrected chi connectivity index (χ0v) is 53.5. The molecule has 12 unspecified atom stereocenters. The van der Waals surface area contributed by atoms with Gasteiger partial charge in [-0.2, -0.15) is 0 Å². The third kappa shape index (κ3) is 39.4. The molecule has 0 aromatic carbocycles. The monoisotopic (exact) mass is 1180 g/mol. The van der Waals surface area contributed by atoms with Gasteiger partial charge in [-0.1, -0.05) is 315 Å². The third-order valence-electron chi connectivity index (χ3n) is 17.7. The molecular weight excluding hydrogens is 1050 g/mol. The molecule has 9 N–H and O–H groups in total. The molecule has 0 radical (unpaired) electrons. The summed E-state index contributed by atoms with van der Waals surface area (Å²) in [6.07, 6.45) is 50.0. The van der Waals surface area contributed by atoms with Crippen LogP contribution in [0.3, 0.4) is 0 Å². The third-order valence-corrected chi connectivity index (χ3v) is 17.7. The van der Waals surface area contributed by atoms with Crippen LogP contribution in [-0.2, 0) is 23.7 Å². The number of aliphatic hydroxyl groups is 8. The lowest BCUT2D eigenvalue weighted by Gasteiger charge is -2.46. The first-order valence-corrected chi connectivity index (χ1v) is 35.4. The molecule has 14 nitrogen and oxygen atoms in total. The number of aliphatic hydroxyl groups excluding tert-OH is 8. The number of rotatable bonds is 59. The van der Waals surface area contributed by atoms with E-state index in [1.807, 2.05) is 6.08 Å². The summed E-state index contributed by atoms with van der Waals surface area (Å²) in [5.41, 5.74) is 0. The Kier molecular flexibility index (Phi) is 51.4. The molecule has 2 saturated heterocycles. The Morgan fingerprint density at radius 1 is 0.422 bits per heavy atom. The van der Waals surface area contributed by atoms with Crippen molar-refractivity contribution in [1.82, 2.24) is 5.32 Å². The summed E-state index contributed by atoms with van der Waals surface area (Å²) in [6.45, 7) is 2.85. The number of unbranched alkanes of at least 4 members (excludes halogenated alkanes) is 46. The van der Waals surface area contributed by atoms with Gasteiger partial charge in [-0.05, 0) is 19.3 Å². The van der Waals surface area contributed by atoms with Crippen molar-refractivity contribution < 1.29 is 64.6 Å². The lowest BCUT2D eigenvalue weighted by molar-refractivity contribution is -0.359. The Hall–Kier alpha value is -1.27. The quantitative estimate of drug-likeness (QED) is 0.0204. The van der Waals surface area contributed by atoms with Crippen molar-refractivity contribution in [1.29, 1.82) is 0 Å². The summed E-state index contributed by atoms with van der Waals surface area (Å²) >= 11 is 0. The van der Waals surface area contributed by atoms with Gasteiger partial charge < -0.3 is 65.1 Å². The van der Waals surface area contributed by atoms with E-state index in [4.69, 9.17) is 18.9 Å². The van der Waals surface area contributed by atoms with E-state index in [0.29, 0.717) is 6.42 Å². The minimum atomic E-state index is -1.79. The Morgan fingerprint density at radius 2 is 0.747 bits per heavy atom. The summed E-state index contributed by atoms with van der Waals surface area (Å²) in [5, 5.41) is 87.3. The molecule has 1 amide bonds. The van der Waals surface area contributed by atoms with Crippen LogP contribution in [0.4, 0.5) is 0 Å². The molecule has 0 spiro atoms. The van der Waals surface area contributed by atoms with E-state index in [-0.39, 0.29) is 18.9 Å². The van der Waals surface area contributed by atoms with E-state index in [9.17, 15) is 45.6 Å². The molecular formula is C69H133NO13. The smallest absolute Gasteiger partial charge is 0.220 e. The average Bonchev–Trinajstić information content (AvgIpc) is 3.65. The SMILES string of the molecule is CCCCCCCCCCCCCCCC/C=C/C(O)C(COC1OC(CO)C(OC2OC(CO)C(O)C(O)C2O)C(O)C1O)NC(=O)CCCCCCCCCCCCCCCCCCCCCCCCCCCCCCCCCCC. The van der Waals surface area contributed by atoms with E-state index in [1.54, 1.807) is 6.08 Å². The Morgan fingerprint density at radius 3 is 1.11 bits per heavy atom. The standard InChI is InChI=1S/C69H133NO13/c1-3-5-7-9-11-13-15-17-19-21-22-23-24-25-26-27-28-29-30-31-32-33-34-35-36-37-39-41-43-45-47-49-51-53-61(74)70-57(58(73)52-50-48-46-44-42-40-38-20-18-16-14-12-10-8-6-4-2)56-80-68-66(79)64(77)67(60(55-72)82-68)83-69-65(78)63(76)62(75)59(54-71)81-69/h50,52,57-60,62-69,71-73,75-79H,3-49,51,53-56H2,1-2H3,(H,70,74)/b52-50+. The van der Waals surface area contributed by atoms with Gasteiger partial charge in [-0.3, -0.25) is 4.79 Å². The van der Waals surface area contributed by atoms with Crippen LogP contribution in [0.2, 0.25) is 0 Å². The van der Waals surface area contributed by atoms with Gasteiger partial charge in [0.05, 0.1) is 32.0 Å². The van der Waals surface area contributed by atoms with Gasteiger partial charge in [0.25, 0.3) is 0 Å². The maximum atomic E-state index is 13.3. The van der Waals surface area contributed by atoms with Crippen molar-refractivity contribution in [2.24, 2.45) is 0 Å². The molecule has 14 heteroatoms. The van der Waals surface area contributed by atoms with Crippen molar-refractivity contribution in [2.75, 3.05) is 19.8 Å². The maximum Gasteiger partial charge on any atom is 0.220 e. The van der Waals surface area contributed by atoms with Crippen molar-refractivity contribution >= 4 is 5.91 Å². The van der Waals surface area contributed by atoms with Crippen LogP contribution in [0, 0.1) is 0 Å². The van der Waals surface area contributed by atoms with Gasteiger partial charge in [0.2, 0.25) is 5.91 Å². The summed E-state index contributed by atoms with van der Waals surface area (Å²) in [4.78, 5) is 13.3. The number of amides is 1. The lowest BCUT2D eigenvalue weighted by Crippen LogP contribution is -2.65. The molecule has 0 aromatic rings. The zero-order chi connectivity index (χ0) is 60.2. The van der Waals surface area contributed by atoms with Crippen LogP contribution in [0.15, 0.2) is 12.2 Å². The predicted octanol–water partition coefficient (Wildman–Crippen LogP) is 14.2. The fourth-order valence-corrected chi connectivity index (χ4v) is 12.1. The summed E-state index contributed by atoms with van der Waals surface area (Å²) in [7, 11) is 0. The zero-order valence-electron chi connectivity index (χ0n) is 53.5. The Balaban J connectivity index is 1.61. The number of carbonyl (C=O) groups excluding carboxylic acids is 1. The second-order valence-electron chi connectivity index (χ2n) is 25.4. The van der Waals surface area contributed by atoms with E-state index in [0.717, 1.165) is 38.5 Å². The minimum Gasteiger partial charge on any atom is -0.394 e. The van der Waals surface area contributed by atoms with Gasteiger partial charge in [0.1, 0.15) is 48.8 Å². The van der Waals surface area contributed by atoms with Gasteiger partial charge in [-0.25, -0.2) is 0 Å². The highest BCUT2D eigenvalue weighted by Crippen LogP contribution is 2.30. The molecule has 0 aromatic heterocycles. The largest absolute Gasteiger partial charge is 0.394 e. The first-order valence-electron chi connectivity index (χ1n) is 35.4. The van der Waals surface area contributed by atoms with E-state index in [1.165, 1.54) is 263 Å². The molecule has 2 fully saturated rings. The van der Waals surface area contributed by atoms with E-state index >= 15 is 0 Å². The molecule has 0 bridgehead atoms. The predicted molar refractivity (Wildman–Crippen MR) is 337 cm³/mol. The van der Waals surface area contributed by atoms with Crippen molar-refractivity contribution in [3.63, 3.8) is 0 Å². The molecule has 0 saturated carbocycles. The van der Waals surface area contributed by atoms with Crippen LogP contribution in [-0.4, -0.2) is 140 Å². The summed E-state index contributed by atoms with van der Waals surface area (Å²) in [6, 6.07) is -0.910. The lowest BCUT2D eigenvalue weighted by atomic mass is 9.97. The highest BCUT2D eigenvalue weighted by molar-refractivity contribution is 5.76. The number of carbonyl (C=O) groups is 1. The minimum absolute atomic E-state index is 0.231. The van der Waals surface area contributed by atoms with Gasteiger partial charge in [-0.15, -0.1) is 0 Å². The van der Waals surface area contributed by atoms with Gasteiger partial charge >= 0.3 is 0 Å². The second-order valence-corrected chi connectivity index (χ2v) is 25.4. The van der Waals surface area contributed by atoms with Crippen LogP contribution in [0.5, 0.6) is 0 Å². The molecule has 2 heterocycles. The van der Waals surface area contributed by atoms with Crippen LogP contribution >= 0.6 is 0 Å². The molecule has 2 aliphatic heterocycles. The maximum absolute atomic E-state index is 13.3. The van der Waals surface area contributed by atoms with Crippen molar-refractivity contribution in [3.05, 3.63) is 12.2 Å². The number of nitrogens with one attached hydrogen (secondary N) is 1. The van der Waals surface area contributed by atoms with Crippen LogP contribution in [0.25, 0.3) is 0 Å². The first kappa shape index (κ1) is 77.8. The van der Waals surface area contributed by atoms with E-state index in [2.05, 4.69) is 19.2 Å². The van der Waals surface area contributed by atoms with E-state index < -0.39 is 86.8 Å². The second kappa shape index (κ2) is 54.8. The highest BCUT2D eigenvalue weighted by Gasteiger charge is 2.51. The topological polar surface area (TPSA) is 228 Å². The first-order chi connectivity index (χ1) is 40.6. The normalized spacial score (nSPS) is 23.8. The Bertz CT molecular complexity index is 1440. The van der Waals surface area contributed by atoms with Crippen molar-refractivity contribution in [2.45, 2.75) is 402 Å². The summed E-state index contributed by atoms with van der Waals surface area (Å²) < 4.78 is 22.8. The molecule has 12 atom stereocenters. The molecule has 0 aliphatic carbocycles. The number of hydrogen-bond acceptors (Lipinski definition) is 13. The molecule has 83 heavy (non-hydrogen) atoms. The van der Waals surface area contributed by atoms with Crippen molar-refractivity contribution in [3.8, 4) is 0 Å². The number of hydrogen-bond donors (Lipinski definition) is 9. The van der Waals surface area contributed by atoms with Gasteiger partial charge in [0.15, 0.2) is 12.6 Å². The van der Waals surface area contributed by atoms with Gasteiger partial charge in [0, 0.05) is 6.42 Å². The average molecular weight is 1180 g/mol. The number of allylic oxidation sites excluding steroid dienone is 1. The molecule has 2 aliphatic rings. The van der Waals surface area contributed by atoms with Crippen LogP contribution in [0.1, 0.15) is 328 Å². The summed E-state index contributed by atoms with van der Waals surface area (Å²) in [5.74, 6) is -0.231. The highest BCUT2D eigenvalue weighted by atomic mass is 16.7. The van der Waals surface area contributed by atoms with Crippen LogP contribution < -0.4 is 5.32 Å². The molecule has 492 valence electrons.